The third kappa shape index (κ3) is 5.28. The second-order valence-electron chi connectivity index (χ2n) is 9.14. The highest BCUT2D eigenvalue weighted by atomic mass is 35.5. The molecule has 1 saturated carbocycles. The molecule has 2 aromatic carbocycles. The van der Waals surface area contributed by atoms with Gasteiger partial charge in [0.1, 0.15) is 23.0 Å². The maximum atomic E-state index is 13.3. The fourth-order valence-electron chi connectivity index (χ4n) is 4.45. The number of amides is 2. The first-order chi connectivity index (χ1) is 18.8. The lowest BCUT2D eigenvalue weighted by Crippen LogP contribution is -2.31. The van der Waals surface area contributed by atoms with E-state index in [9.17, 15) is 24.9 Å². The molecule has 0 bridgehead atoms. The third-order valence-electron chi connectivity index (χ3n) is 6.48. The predicted molar refractivity (Wildman–Crippen MR) is 148 cm³/mol. The van der Waals surface area contributed by atoms with Crippen LogP contribution in [0.5, 0.6) is 0 Å². The minimum atomic E-state index is -0.807. The first-order valence-electron chi connectivity index (χ1n) is 12.1. The lowest BCUT2D eigenvalue weighted by molar-refractivity contribution is -0.121. The Balaban J connectivity index is 1.33. The molecule has 1 aliphatic heterocycles. The van der Waals surface area contributed by atoms with E-state index in [-0.39, 0.29) is 40.1 Å². The van der Waals surface area contributed by atoms with Gasteiger partial charge in [0.05, 0.1) is 22.1 Å². The molecule has 1 aromatic heterocycles. The van der Waals surface area contributed by atoms with Gasteiger partial charge in [-0.25, -0.2) is 9.88 Å². The van der Waals surface area contributed by atoms with E-state index in [1.807, 2.05) is 12.1 Å². The standard InChI is InChI=1S/C29H20ClN5O3S/c30-19-3-1-2-16(12-19)4-11-23(36)17-7-9-20(10-8-17)35-25(37)13-24(29(35)38)39-28-22(15-32)26(18-5-6-18)21(14-31)27(33)34-28/h1-4,7-12,18,24H,5-6,13H2,(H2,33,34)/b11-4+/t24-/m1/s1. The van der Waals surface area contributed by atoms with E-state index in [4.69, 9.17) is 17.3 Å². The second-order valence-corrected chi connectivity index (χ2v) is 10.8. The summed E-state index contributed by atoms with van der Waals surface area (Å²) in [6.45, 7) is 0. The van der Waals surface area contributed by atoms with Crippen molar-refractivity contribution in [3.63, 3.8) is 0 Å². The van der Waals surface area contributed by atoms with Crippen LogP contribution in [-0.2, 0) is 9.59 Å². The van der Waals surface area contributed by atoms with Crippen molar-refractivity contribution in [1.29, 1.82) is 10.5 Å². The zero-order chi connectivity index (χ0) is 27.7. The van der Waals surface area contributed by atoms with Gasteiger partial charge >= 0.3 is 0 Å². The zero-order valence-electron chi connectivity index (χ0n) is 20.4. The number of nitriles is 2. The molecule has 1 aliphatic carbocycles. The van der Waals surface area contributed by atoms with Crippen molar-refractivity contribution in [3.05, 3.63) is 87.4 Å². The van der Waals surface area contributed by atoms with Gasteiger partial charge < -0.3 is 5.73 Å². The maximum Gasteiger partial charge on any atom is 0.247 e. The number of hydrogen-bond donors (Lipinski definition) is 1. The van der Waals surface area contributed by atoms with E-state index in [1.165, 1.54) is 6.08 Å². The van der Waals surface area contributed by atoms with Gasteiger partial charge in [-0.1, -0.05) is 41.6 Å². The van der Waals surface area contributed by atoms with Crippen molar-refractivity contribution in [3.8, 4) is 12.1 Å². The number of rotatable bonds is 7. The molecule has 1 atom stereocenters. The van der Waals surface area contributed by atoms with E-state index in [1.54, 1.807) is 48.5 Å². The molecule has 2 amide bonds. The molecule has 0 radical (unpaired) electrons. The first-order valence-corrected chi connectivity index (χ1v) is 13.3. The number of benzene rings is 2. The van der Waals surface area contributed by atoms with Gasteiger partial charge in [-0.3, -0.25) is 14.4 Å². The van der Waals surface area contributed by atoms with Gasteiger partial charge in [0.25, 0.3) is 0 Å². The summed E-state index contributed by atoms with van der Waals surface area (Å²) in [4.78, 5) is 44.0. The summed E-state index contributed by atoms with van der Waals surface area (Å²) >= 11 is 6.99. The Hall–Kier alpha value is -4.44. The van der Waals surface area contributed by atoms with E-state index in [2.05, 4.69) is 11.1 Å². The van der Waals surface area contributed by atoms with Gasteiger partial charge in [-0.05, 0) is 72.4 Å². The molecule has 2 N–H and O–H groups in total. The smallest absolute Gasteiger partial charge is 0.247 e. The highest BCUT2D eigenvalue weighted by Crippen LogP contribution is 2.47. The number of carbonyl (C=O) groups excluding carboxylic acids is 3. The molecule has 0 unspecified atom stereocenters. The lowest BCUT2D eigenvalue weighted by atomic mass is 10.0. The number of nitrogens with zero attached hydrogens (tertiary/aromatic N) is 4. The zero-order valence-corrected chi connectivity index (χ0v) is 22.0. The number of nitrogens with two attached hydrogens (primary N) is 1. The Morgan fingerprint density at radius 2 is 1.82 bits per heavy atom. The number of allylic oxidation sites excluding steroid dienone is 1. The van der Waals surface area contributed by atoms with Crippen LogP contribution in [0.1, 0.15) is 57.8 Å². The average molecular weight is 554 g/mol. The van der Waals surface area contributed by atoms with Gasteiger partial charge in [0.15, 0.2) is 5.78 Å². The summed E-state index contributed by atoms with van der Waals surface area (Å²) in [6.07, 6.45) is 4.70. The normalized spacial score (nSPS) is 16.9. The molecule has 0 spiro atoms. The first kappa shape index (κ1) is 26.2. The largest absolute Gasteiger partial charge is 0.383 e. The van der Waals surface area contributed by atoms with Crippen LogP contribution in [0.4, 0.5) is 11.5 Å². The number of imide groups is 1. The summed E-state index contributed by atoms with van der Waals surface area (Å²) < 4.78 is 0. The van der Waals surface area contributed by atoms with Gasteiger partial charge in [-0.15, -0.1) is 0 Å². The number of aromatic nitrogens is 1. The van der Waals surface area contributed by atoms with Crippen LogP contribution in [0.3, 0.4) is 0 Å². The molecule has 2 aliphatic rings. The molecule has 39 heavy (non-hydrogen) atoms. The van der Waals surface area contributed by atoms with Crippen molar-refractivity contribution in [2.24, 2.45) is 0 Å². The van der Waals surface area contributed by atoms with Gasteiger partial charge in [-0.2, -0.15) is 10.5 Å². The Bertz CT molecular complexity index is 1630. The summed E-state index contributed by atoms with van der Waals surface area (Å²) in [5.41, 5.74) is 8.55. The monoisotopic (exact) mass is 553 g/mol. The molecule has 2 heterocycles. The van der Waals surface area contributed by atoms with E-state index >= 15 is 0 Å². The number of hydrogen-bond acceptors (Lipinski definition) is 8. The minimum Gasteiger partial charge on any atom is -0.383 e. The quantitative estimate of drug-likeness (QED) is 0.237. The summed E-state index contributed by atoms with van der Waals surface area (Å²) in [5, 5.41) is 19.4. The topological polar surface area (TPSA) is 141 Å². The average Bonchev–Trinajstić information content (AvgIpc) is 3.72. The predicted octanol–water partition coefficient (Wildman–Crippen LogP) is 5.26. The molecule has 3 aromatic rings. The van der Waals surface area contributed by atoms with Crippen LogP contribution in [-0.4, -0.2) is 27.8 Å². The number of ketones is 1. The van der Waals surface area contributed by atoms with Crippen LogP contribution in [0.25, 0.3) is 6.08 Å². The van der Waals surface area contributed by atoms with E-state index in [0.29, 0.717) is 21.8 Å². The second kappa shape index (κ2) is 10.7. The van der Waals surface area contributed by atoms with Crippen LogP contribution in [0, 0.1) is 22.7 Å². The molecule has 192 valence electrons. The van der Waals surface area contributed by atoms with E-state index < -0.39 is 17.1 Å². The highest BCUT2D eigenvalue weighted by molar-refractivity contribution is 8.00. The molecular weight excluding hydrogens is 534 g/mol. The Labute approximate surface area is 233 Å². The van der Waals surface area contributed by atoms with Crippen LogP contribution in [0.15, 0.2) is 59.6 Å². The molecule has 5 rings (SSSR count). The molecule has 10 heteroatoms. The van der Waals surface area contributed by atoms with Crippen molar-refractivity contribution in [2.75, 3.05) is 10.6 Å². The number of pyridine rings is 1. The number of halogens is 1. The molecular formula is C29H20ClN5O3S. The third-order valence-corrected chi connectivity index (χ3v) is 7.89. The summed E-state index contributed by atoms with van der Waals surface area (Å²) in [7, 11) is 0. The van der Waals surface area contributed by atoms with Gasteiger partial charge in [0.2, 0.25) is 11.8 Å². The Morgan fingerprint density at radius 3 is 2.46 bits per heavy atom. The number of carbonyl (C=O) groups is 3. The molecule has 8 nitrogen and oxygen atoms in total. The lowest BCUT2D eigenvalue weighted by Gasteiger charge is -2.16. The van der Waals surface area contributed by atoms with Crippen molar-refractivity contribution < 1.29 is 14.4 Å². The van der Waals surface area contributed by atoms with E-state index in [0.717, 1.165) is 35.1 Å². The molecule has 1 saturated heterocycles. The van der Waals surface area contributed by atoms with Crippen LogP contribution >= 0.6 is 23.4 Å². The summed E-state index contributed by atoms with van der Waals surface area (Å²) in [6, 6.07) is 17.5. The highest BCUT2D eigenvalue weighted by Gasteiger charge is 2.42. The van der Waals surface area contributed by atoms with Crippen molar-refractivity contribution in [2.45, 2.75) is 35.5 Å². The molecule has 2 fully saturated rings. The van der Waals surface area contributed by atoms with Crippen LogP contribution < -0.4 is 10.6 Å². The van der Waals surface area contributed by atoms with Crippen molar-refractivity contribution in [1.82, 2.24) is 4.98 Å². The fourth-order valence-corrected chi connectivity index (χ4v) is 5.77. The number of thioether (sulfide) groups is 1. The SMILES string of the molecule is N#Cc1c(N)nc(S[C@@H]2CC(=O)N(c3ccc(C(=O)/C=C/c4cccc(Cl)c4)cc3)C2=O)c(C#N)c1C1CC1. The van der Waals surface area contributed by atoms with Crippen molar-refractivity contribution >= 4 is 58.5 Å². The maximum absolute atomic E-state index is 13.3. The number of nitrogen functional groups attached to an aromatic ring is 1. The Kier molecular flexibility index (Phi) is 7.21. The van der Waals surface area contributed by atoms with Gasteiger partial charge in [0, 0.05) is 17.0 Å². The summed E-state index contributed by atoms with van der Waals surface area (Å²) in [5.74, 6) is -1.02. The fraction of sp³-hybridized carbons (Fsp3) is 0.172. The minimum absolute atomic E-state index is 0.0131. The number of anilines is 2. The van der Waals surface area contributed by atoms with Crippen LogP contribution in [0.2, 0.25) is 5.02 Å². The Morgan fingerprint density at radius 1 is 1.10 bits per heavy atom.